The monoisotopic (exact) mass is 229 g/mol. The van der Waals surface area contributed by atoms with E-state index in [2.05, 4.69) is 4.90 Å². The van der Waals surface area contributed by atoms with Crippen LogP contribution in [0.15, 0.2) is 0 Å². The number of piperidine rings is 1. The summed E-state index contributed by atoms with van der Waals surface area (Å²) >= 11 is 0. The van der Waals surface area contributed by atoms with Gasteiger partial charge < -0.3 is 10.2 Å². The van der Waals surface area contributed by atoms with Crippen LogP contribution in [0.1, 0.15) is 46.0 Å². The lowest BCUT2D eigenvalue weighted by Crippen LogP contribution is -2.43. The minimum absolute atomic E-state index is 0.161. The number of carboxylic acids is 1. The average Bonchev–Trinajstić information content (AvgIpc) is 2.14. The molecule has 0 bridgehead atoms. The number of aliphatic carboxylic acids is 1. The summed E-state index contributed by atoms with van der Waals surface area (Å²) in [6.45, 7) is 5.35. The molecule has 1 saturated heterocycles. The van der Waals surface area contributed by atoms with Crippen molar-refractivity contribution < 1.29 is 15.0 Å². The van der Waals surface area contributed by atoms with Crippen LogP contribution in [-0.2, 0) is 4.79 Å². The summed E-state index contributed by atoms with van der Waals surface area (Å²) < 4.78 is 0. The van der Waals surface area contributed by atoms with E-state index in [9.17, 15) is 9.90 Å². The minimum atomic E-state index is -0.722. The summed E-state index contributed by atoms with van der Waals surface area (Å²) in [6.07, 6.45) is 4.16. The van der Waals surface area contributed by atoms with Gasteiger partial charge in [-0.25, -0.2) is 0 Å². The van der Waals surface area contributed by atoms with Crippen molar-refractivity contribution in [2.24, 2.45) is 0 Å². The van der Waals surface area contributed by atoms with E-state index in [-0.39, 0.29) is 12.5 Å². The first-order valence-electron chi connectivity index (χ1n) is 6.07. The van der Waals surface area contributed by atoms with Gasteiger partial charge >= 0.3 is 5.97 Å². The molecule has 1 heterocycles. The first kappa shape index (κ1) is 13.5. The fourth-order valence-electron chi connectivity index (χ4n) is 2.20. The van der Waals surface area contributed by atoms with Crippen molar-refractivity contribution in [1.82, 2.24) is 4.90 Å². The molecule has 1 atom stereocenters. The van der Waals surface area contributed by atoms with Gasteiger partial charge in [-0.2, -0.15) is 0 Å². The Morgan fingerprint density at radius 3 is 2.69 bits per heavy atom. The normalized spacial score (nSPS) is 23.3. The molecule has 0 aromatic rings. The summed E-state index contributed by atoms with van der Waals surface area (Å²) in [7, 11) is 0. The Bertz CT molecular complexity index is 235. The first-order chi connectivity index (χ1) is 7.38. The third-order valence-electron chi connectivity index (χ3n) is 3.17. The van der Waals surface area contributed by atoms with E-state index in [1.807, 2.05) is 0 Å². The van der Waals surface area contributed by atoms with Crippen LogP contribution in [0.5, 0.6) is 0 Å². The van der Waals surface area contributed by atoms with Crippen LogP contribution in [0, 0.1) is 0 Å². The molecule has 1 rings (SSSR count). The average molecular weight is 229 g/mol. The second-order valence-electron chi connectivity index (χ2n) is 5.35. The number of rotatable bonds is 5. The third kappa shape index (κ3) is 4.94. The molecule has 0 aromatic carbocycles. The molecule has 0 aromatic heterocycles. The molecule has 1 aliphatic heterocycles. The molecule has 1 fully saturated rings. The lowest BCUT2D eigenvalue weighted by Gasteiger charge is -2.36. The van der Waals surface area contributed by atoms with E-state index < -0.39 is 11.6 Å². The van der Waals surface area contributed by atoms with Crippen LogP contribution in [0.2, 0.25) is 0 Å². The highest BCUT2D eigenvalue weighted by atomic mass is 16.4. The Morgan fingerprint density at radius 2 is 2.12 bits per heavy atom. The van der Waals surface area contributed by atoms with E-state index in [4.69, 9.17) is 5.11 Å². The van der Waals surface area contributed by atoms with Gasteiger partial charge in [0.1, 0.15) is 0 Å². The third-order valence-corrected chi connectivity index (χ3v) is 3.17. The van der Waals surface area contributed by atoms with Crippen molar-refractivity contribution in [2.75, 3.05) is 13.1 Å². The minimum Gasteiger partial charge on any atom is -0.481 e. The Hall–Kier alpha value is -0.610. The molecule has 0 saturated carbocycles. The van der Waals surface area contributed by atoms with Crippen LogP contribution in [-0.4, -0.2) is 45.8 Å². The maximum absolute atomic E-state index is 10.7. The van der Waals surface area contributed by atoms with Crippen molar-refractivity contribution in [3.63, 3.8) is 0 Å². The van der Waals surface area contributed by atoms with Crippen molar-refractivity contribution in [3.8, 4) is 0 Å². The molecule has 0 aliphatic carbocycles. The van der Waals surface area contributed by atoms with Crippen molar-refractivity contribution >= 4 is 5.97 Å². The fourth-order valence-corrected chi connectivity index (χ4v) is 2.20. The van der Waals surface area contributed by atoms with Gasteiger partial charge in [0.2, 0.25) is 0 Å². The predicted molar refractivity (Wildman–Crippen MR) is 62.4 cm³/mol. The molecule has 4 heteroatoms. The molecule has 94 valence electrons. The van der Waals surface area contributed by atoms with Crippen molar-refractivity contribution in [1.29, 1.82) is 0 Å². The molecule has 1 unspecified atom stereocenters. The maximum Gasteiger partial charge on any atom is 0.304 e. The van der Waals surface area contributed by atoms with Crippen LogP contribution < -0.4 is 0 Å². The number of carbonyl (C=O) groups is 1. The summed E-state index contributed by atoms with van der Waals surface area (Å²) in [5.74, 6) is -0.722. The highest BCUT2D eigenvalue weighted by Crippen LogP contribution is 2.21. The van der Waals surface area contributed by atoms with Gasteiger partial charge in [-0.05, 0) is 39.7 Å². The molecule has 1 aliphatic rings. The second-order valence-corrected chi connectivity index (χ2v) is 5.35. The topological polar surface area (TPSA) is 60.8 Å². The van der Waals surface area contributed by atoms with E-state index in [0.717, 1.165) is 32.4 Å². The van der Waals surface area contributed by atoms with Crippen LogP contribution in [0.4, 0.5) is 0 Å². The van der Waals surface area contributed by atoms with Gasteiger partial charge in [0, 0.05) is 12.6 Å². The van der Waals surface area contributed by atoms with Crippen molar-refractivity contribution in [2.45, 2.75) is 57.6 Å². The Balaban J connectivity index is 2.44. The quantitative estimate of drug-likeness (QED) is 0.749. The van der Waals surface area contributed by atoms with Gasteiger partial charge in [0.15, 0.2) is 0 Å². The lowest BCUT2D eigenvalue weighted by molar-refractivity contribution is -0.138. The SMILES string of the molecule is CC(C)(O)CCN1CCCCC1CC(=O)O. The molecular formula is C12H23NO3. The zero-order valence-electron chi connectivity index (χ0n) is 10.3. The summed E-state index contributed by atoms with van der Waals surface area (Å²) in [5, 5.41) is 18.5. The van der Waals surface area contributed by atoms with E-state index in [0.29, 0.717) is 6.42 Å². The second kappa shape index (κ2) is 5.64. The molecule has 2 N–H and O–H groups in total. The van der Waals surface area contributed by atoms with E-state index >= 15 is 0 Å². The van der Waals surface area contributed by atoms with Crippen LogP contribution >= 0.6 is 0 Å². The van der Waals surface area contributed by atoms with E-state index in [1.54, 1.807) is 13.8 Å². The molecule has 0 radical (unpaired) electrons. The summed E-state index contributed by atoms with van der Waals surface area (Å²) in [5.41, 5.74) is -0.661. The van der Waals surface area contributed by atoms with Gasteiger partial charge in [0.25, 0.3) is 0 Å². The summed E-state index contributed by atoms with van der Waals surface area (Å²) in [4.78, 5) is 13.0. The highest BCUT2D eigenvalue weighted by molar-refractivity contribution is 5.67. The highest BCUT2D eigenvalue weighted by Gasteiger charge is 2.25. The lowest BCUT2D eigenvalue weighted by atomic mass is 9.97. The Morgan fingerprint density at radius 1 is 1.44 bits per heavy atom. The van der Waals surface area contributed by atoms with Gasteiger partial charge in [-0.1, -0.05) is 6.42 Å². The molecule has 0 spiro atoms. The van der Waals surface area contributed by atoms with Gasteiger partial charge in [0.05, 0.1) is 12.0 Å². The van der Waals surface area contributed by atoms with Crippen LogP contribution in [0.25, 0.3) is 0 Å². The zero-order valence-corrected chi connectivity index (χ0v) is 10.3. The number of aliphatic hydroxyl groups is 1. The fraction of sp³-hybridized carbons (Fsp3) is 0.917. The number of hydrogen-bond acceptors (Lipinski definition) is 3. The maximum atomic E-state index is 10.7. The number of likely N-dealkylation sites (tertiary alicyclic amines) is 1. The van der Waals surface area contributed by atoms with Gasteiger partial charge in [-0.15, -0.1) is 0 Å². The van der Waals surface area contributed by atoms with Gasteiger partial charge in [-0.3, -0.25) is 9.69 Å². The summed E-state index contributed by atoms with van der Waals surface area (Å²) in [6, 6.07) is 0.161. The molecule has 4 nitrogen and oxygen atoms in total. The Kier molecular flexibility index (Phi) is 4.74. The standard InChI is InChI=1S/C12H23NO3/c1-12(2,16)6-8-13-7-4-3-5-10(13)9-11(14)15/h10,16H,3-9H2,1-2H3,(H,14,15). The first-order valence-corrected chi connectivity index (χ1v) is 6.07. The zero-order chi connectivity index (χ0) is 12.2. The van der Waals surface area contributed by atoms with E-state index in [1.165, 1.54) is 0 Å². The van der Waals surface area contributed by atoms with Crippen LogP contribution in [0.3, 0.4) is 0 Å². The number of hydrogen-bond donors (Lipinski definition) is 2. The molecular weight excluding hydrogens is 206 g/mol. The molecule has 0 amide bonds. The molecule has 16 heavy (non-hydrogen) atoms. The number of carboxylic acid groups (broad SMARTS) is 1. The Labute approximate surface area is 97.3 Å². The van der Waals surface area contributed by atoms with Crippen molar-refractivity contribution in [3.05, 3.63) is 0 Å². The number of nitrogens with zero attached hydrogens (tertiary/aromatic N) is 1. The predicted octanol–water partition coefficient (Wildman–Crippen LogP) is 1.48. The smallest absolute Gasteiger partial charge is 0.304 e. The largest absolute Gasteiger partial charge is 0.481 e.